The highest BCUT2D eigenvalue weighted by Crippen LogP contribution is 2.26. The van der Waals surface area contributed by atoms with E-state index in [0.717, 1.165) is 18.1 Å². The Hall–Kier alpha value is -1.78. The minimum atomic E-state index is 0.0246. The molecule has 16 heavy (non-hydrogen) atoms. The molecule has 0 spiro atoms. The first kappa shape index (κ1) is 10.7. The average Bonchev–Trinajstić information content (AvgIpc) is 2.29. The van der Waals surface area contributed by atoms with E-state index in [4.69, 9.17) is 4.74 Å². The second-order valence-electron chi connectivity index (χ2n) is 3.75. The Morgan fingerprint density at radius 1 is 1.50 bits per heavy atom. The third-order valence-electron chi connectivity index (χ3n) is 2.54. The molecule has 5 nitrogen and oxygen atoms in total. The fourth-order valence-corrected chi connectivity index (χ4v) is 1.74. The summed E-state index contributed by atoms with van der Waals surface area (Å²) in [6, 6.07) is 3.77. The van der Waals surface area contributed by atoms with Crippen LogP contribution in [0.5, 0.6) is 5.75 Å². The predicted octanol–water partition coefficient (Wildman–Crippen LogP) is 0.335. The number of hydrogen-bond donors (Lipinski definition) is 1. The molecule has 2 rings (SSSR count). The van der Waals surface area contributed by atoms with Gasteiger partial charge in [0, 0.05) is 18.8 Å². The molecule has 0 aromatic carbocycles. The summed E-state index contributed by atoms with van der Waals surface area (Å²) in [6.45, 7) is 3.68. The van der Waals surface area contributed by atoms with Gasteiger partial charge in [-0.1, -0.05) is 0 Å². The Kier molecular flexibility index (Phi) is 2.94. The first-order chi connectivity index (χ1) is 7.70. The number of aromatic nitrogens is 1. The van der Waals surface area contributed by atoms with Crippen LogP contribution in [0.1, 0.15) is 5.69 Å². The first-order valence-electron chi connectivity index (χ1n) is 5.24. The first-order valence-corrected chi connectivity index (χ1v) is 5.24. The molecule has 1 N–H and O–H groups in total. The molecular weight excluding hydrogens is 206 g/mol. The summed E-state index contributed by atoms with van der Waals surface area (Å²) in [7, 11) is 1.61. The van der Waals surface area contributed by atoms with Gasteiger partial charge in [-0.25, -0.2) is 4.98 Å². The van der Waals surface area contributed by atoms with Crippen LogP contribution in [-0.4, -0.2) is 37.6 Å². The van der Waals surface area contributed by atoms with E-state index in [1.165, 1.54) is 0 Å². The maximum Gasteiger partial charge on any atom is 0.239 e. The van der Waals surface area contributed by atoms with Gasteiger partial charge in [-0.2, -0.15) is 0 Å². The van der Waals surface area contributed by atoms with E-state index in [1.807, 2.05) is 24.0 Å². The van der Waals surface area contributed by atoms with Crippen molar-refractivity contribution in [3.05, 3.63) is 17.8 Å². The van der Waals surface area contributed by atoms with Crippen LogP contribution in [0.25, 0.3) is 0 Å². The van der Waals surface area contributed by atoms with Gasteiger partial charge in [-0.05, 0) is 19.1 Å². The summed E-state index contributed by atoms with van der Waals surface area (Å²) in [6.07, 6.45) is 0. The van der Waals surface area contributed by atoms with Crippen molar-refractivity contribution in [3.63, 3.8) is 0 Å². The lowest BCUT2D eigenvalue weighted by atomic mass is 10.3. The highest BCUT2D eigenvalue weighted by atomic mass is 16.5. The van der Waals surface area contributed by atoms with Gasteiger partial charge >= 0.3 is 0 Å². The lowest BCUT2D eigenvalue weighted by molar-refractivity contribution is -0.120. The van der Waals surface area contributed by atoms with Gasteiger partial charge in [0.2, 0.25) is 5.91 Å². The molecule has 2 heterocycles. The van der Waals surface area contributed by atoms with Crippen LogP contribution in [0.4, 0.5) is 5.82 Å². The fourth-order valence-electron chi connectivity index (χ4n) is 1.74. The molecule has 1 aromatic rings. The Bertz CT molecular complexity index is 406. The van der Waals surface area contributed by atoms with Gasteiger partial charge in [0.25, 0.3) is 0 Å². The molecule has 1 fully saturated rings. The summed E-state index contributed by atoms with van der Waals surface area (Å²) >= 11 is 0. The molecule has 1 aliphatic rings. The second kappa shape index (κ2) is 4.38. The van der Waals surface area contributed by atoms with Crippen molar-refractivity contribution in [2.24, 2.45) is 0 Å². The molecule has 0 bridgehead atoms. The quantitative estimate of drug-likeness (QED) is 0.782. The third kappa shape index (κ3) is 2.08. The summed E-state index contributed by atoms with van der Waals surface area (Å²) in [5, 5.41) is 2.78. The van der Waals surface area contributed by atoms with Crippen LogP contribution in [0, 0.1) is 6.92 Å². The van der Waals surface area contributed by atoms with E-state index in [2.05, 4.69) is 10.3 Å². The van der Waals surface area contributed by atoms with E-state index in [0.29, 0.717) is 18.8 Å². The number of aryl methyl sites for hydroxylation is 1. The topological polar surface area (TPSA) is 54.5 Å². The number of piperazine rings is 1. The zero-order valence-corrected chi connectivity index (χ0v) is 9.49. The Labute approximate surface area is 94.4 Å². The lowest BCUT2D eigenvalue weighted by Gasteiger charge is -2.28. The van der Waals surface area contributed by atoms with Gasteiger partial charge < -0.3 is 15.0 Å². The number of hydrogen-bond acceptors (Lipinski definition) is 4. The van der Waals surface area contributed by atoms with E-state index >= 15 is 0 Å². The number of nitrogens with zero attached hydrogens (tertiary/aromatic N) is 2. The van der Waals surface area contributed by atoms with Crippen LogP contribution < -0.4 is 15.0 Å². The zero-order valence-electron chi connectivity index (χ0n) is 9.49. The number of nitrogens with one attached hydrogen (secondary N) is 1. The number of rotatable bonds is 2. The summed E-state index contributed by atoms with van der Waals surface area (Å²) in [5.41, 5.74) is 0.918. The average molecular weight is 221 g/mol. The summed E-state index contributed by atoms with van der Waals surface area (Å²) < 4.78 is 5.25. The third-order valence-corrected chi connectivity index (χ3v) is 2.54. The SMILES string of the molecule is COc1ccc(C)nc1N1CCNC(=O)C1. The van der Waals surface area contributed by atoms with Crippen molar-refractivity contribution in [1.82, 2.24) is 10.3 Å². The zero-order chi connectivity index (χ0) is 11.5. The number of pyridine rings is 1. The molecule has 0 unspecified atom stereocenters. The maximum absolute atomic E-state index is 11.3. The molecular formula is C11H15N3O2. The van der Waals surface area contributed by atoms with Gasteiger partial charge in [-0.15, -0.1) is 0 Å². The molecule has 86 valence electrons. The van der Waals surface area contributed by atoms with E-state index in [-0.39, 0.29) is 5.91 Å². The Morgan fingerprint density at radius 2 is 2.31 bits per heavy atom. The molecule has 0 aliphatic carbocycles. The van der Waals surface area contributed by atoms with Gasteiger partial charge in [0.15, 0.2) is 11.6 Å². The number of carbonyl (C=O) groups excluding carboxylic acids is 1. The van der Waals surface area contributed by atoms with Crippen molar-refractivity contribution in [2.45, 2.75) is 6.92 Å². The smallest absolute Gasteiger partial charge is 0.239 e. The number of ether oxygens (including phenoxy) is 1. The minimum Gasteiger partial charge on any atom is -0.493 e. The highest BCUT2D eigenvalue weighted by Gasteiger charge is 2.20. The molecule has 1 aliphatic heterocycles. The molecule has 0 atom stereocenters. The second-order valence-corrected chi connectivity index (χ2v) is 3.75. The normalized spacial score (nSPS) is 15.9. The monoisotopic (exact) mass is 221 g/mol. The van der Waals surface area contributed by atoms with Crippen molar-refractivity contribution in [3.8, 4) is 5.75 Å². The largest absolute Gasteiger partial charge is 0.493 e. The van der Waals surface area contributed by atoms with Crippen LogP contribution in [0.2, 0.25) is 0 Å². The predicted molar refractivity (Wildman–Crippen MR) is 60.7 cm³/mol. The maximum atomic E-state index is 11.3. The van der Waals surface area contributed by atoms with Gasteiger partial charge in [0.05, 0.1) is 13.7 Å². The molecule has 1 amide bonds. The van der Waals surface area contributed by atoms with E-state index < -0.39 is 0 Å². The van der Waals surface area contributed by atoms with Gasteiger partial charge in [0.1, 0.15) is 0 Å². The van der Waals surface area contributed by atoms with Crippen LogP contribution in [0.15, 0.2) is 12.1 Å². The molecule has 0 radical (unpaired) electrons. The fraction of sp³-hybridized carbons (Fsp3) is 0.455. The number of methoxy groups -OCH3 is 1. The van der Waals surface area contributed by atoms with Crippen LogP contribution in [0.3, 0.4) is 0 Å². The van der Waals surface area contributed by atoms with Crippen molar-refractivity contribution >= 4 is 11.7 Å². The van der Waals surface area contributed by atoms with Crippen molar-refractivity contribution in [2.75, 3.05) is 31.6 Å². The summed E-state index contributed by atoms with van der Waals surface area (Å²) in [4.78, 5) is 17.7. The highest BCUT2D eigenvalue weighted by molar-refractivity contribution is 5.82. The van der Waals surface area contributed by atoms with E-state index in [9.17, 15) is 4.79 Å². The van der Waals surface area contributed by atoms with Crippen LogP contribution >= 0.6 is 0 Å². The lowest BCUT2D eigenvalue weighted by Crippen LogP contribution is -2.48. The number of anilines is 1. The molecule has 1 aromatic heterocycles. The molecule has 0 saturated carbocycles. The minimum absolute atomic E-state index is 0.0246. The van der Waals surface area contributed by atoms with E-state index in [1.54, 1.807) is 7.11 Å². The van der Waals surface area contributed by atoms with Crippen LogP contribution in [-0.2, 0) is 4.79 Å². The standard InChI is InChI=1S/C11H15N3O2/c1-8-3-4-9(16-2)11(13-8)14-6-5-12-10(15)7-14/h3-4H,5-7H2,1-2H3,(H,12,15). The van der Waals surface area contributed by atoms with Crippen molar-refractivity contribution < 1.29 is 9.53 Å². The van der Waals surface area contributed by atoms with Gasteiger partial charge in [-0.3, -0.25) is 4.79 Å². The number of amides is 1. The number of carbonyl (C=O) groups is 1. The molecule has 5 heteroatoms. The Morgan fingerprint density at radius 3 is 3.00 bits per heavy atom. The Balaban J connectivity index is 2.30. The van der Waals surface area contributed by atoms with Crippen molar-refractivity contribution in [1.29, 1.82) is 0 Å². The summed E-state index contributed by atoms with van der Waals surface area (Å²) in [5.74, 6) is 1.48. The molecule has 1 saturated heterocycles.